The Hall–Kier alpha value is -2.71. The van der Waals surface area contributed by atoms with Crippen LogP contribution in [-0.2, 0) is 10.0 Å². The van der Waals surface area contributed by atoms with E-state index in [0.29, 0.717) is 16.4 Å². The summed E-state index contributed by atoms with van der Waals surface area (Å²) in [7, 11) is -4.15. The molecule has 140 valence electrons. The minimum atomic E-state index is -4.15. The number of hydrogen-bond acceptors (Lipinski definition) is 4. The second-order valence-electron chi connectivity index (χ2n) is 5.88. The van der Waals surface area contributed by atoms with Crippen molar-refractivity contribution in [2.75, 3.05) is 0 Å². The second kappa shape index (κ2) is 7.13. The van der Waals surface area contributed by atoms with Crippen LogP contribution in [0.5, 0.6) is 0 Å². The number of sulfonamides is 1. The maximum atomic E-state index is 13.2. The van der Waals surface area contributed by atoms with Gasteiger partial charge in [0.15, 0.2) is 0 Å². The highest BCUT2D eigenvalue weighted by molar-refractivity contribution is 7.90. The fourth-order valence-corrected chi connectivity index (χ4v) is 3.94. The largest absolute Gasteiger partial charge is 0.268 e. The Kier molecular flexibility index (Phi) is 5.03. The molecule has 0 unspecified atom stereocenters. The van der Waals surface area contributed by atoms with E-state index < -0.39 is 21.7 Å². The molecule has 3 aromatic rings. The van der Waals surface area contributed by atoms with Crippen molar-refractivity contribution in [1.82, 2.24) is 14.5 Å². The lowest BCUT2D eigenvalue weighted by Crippen LogP contribution is -2.31. The summed E-state index contributed by atoms with van der Waals surface area (Å²) >= 11 is 5.86. The van der Waals surface area contributed by atoms with Crippen molar-refractivity contribution in [2.24, 2.45) is 0 Å². The molecule has 0 saturated heterocycles. The second-order valence-corrected chi connectivity index (χ2v) is 7.96. The molecule has 1 heterocycles. The molecule has 0 fully saturated rings. The first-order valence-corrected chi connectivity index (χ1v) is 9.69. The van der Waals surface area contributed by atoms with E-state index >= 15 is 0 Å². The van der Waals surface area contributed by atoms with Crippen LogP contribution in [0.3, 0.4) is 0 Å². The van der Waals surface area contributed by atoms with Gasteiger partial charge in [-0.25, -0.2) is 22.2 Å². The third kappa shape index (κ3) is 3.86. The molecule has 0 bridgehead atoms. The summed E-state index contributed by atoms with van der Waals surface area (Å²) in [6.07, 6.45) is 1.28. The Morgan fingerprint density at radius 1 is 1.15 bits per heavy atom. The van der Waals surface area contributed by atoms with Gasteiger partial charge in [0.1, 0.15) is 5.82 Å². The number of rotatable bonds is 4. The van der Waals surface area contributed by atoms with Gasteiger partial charge in [0, 0.05) is 5.02 Å². The fourth-order valence-electron chi connectivity index (χ4n) is 2.62. The van der Waals surface area contributed by atoms with Gasteiger partial charge in [0.25, 0.3) is 15.9 Å². The van der Waals surface area contributed by atoms with Crippen LogP contribution in [0.15, 0.2) is 53.6 Å². The summed E-state index contributed by atoms with van der Waals surface area (Å²) < 4.78 is 41.7. The molecular weight excluding hydrogens is 393 g/mol. The van der Waals surface area contributed by atoms with Gasteiger partial charge < -0.3 is 0 Å². The third-order valence-corrected chi connectivity index (χ3v) is 5.72. The normalized spacial score (nSPS) is 11.4. The van der Waals surface area contributed by atoms with Crippen molar-refractivity contribution in [3.05, 3.63) is 76.3 Å². The molecule has 0 atom stereocenters. The average molecular weight is 408 g/mol. The highest BCUT2D eigenvalue weighted by atomic mass is 35.5. The van der Waals surface area contributed by atoms with Gasteiger partial charge >= 0.3 is 0 Å². The van der Waals surface area contributed by atoms with E-state index in [-0.39, 0.29) is 16.0 Å². The Bertz CT molecular complexity index is 1130. The third-order valence-electron chi connectivity index (χ3n) is 3.98. The summed E-state index contributed by atoms with van der Waals surface area (Å²) in [6.45, 7) is 3.10. The Morgan fingerprint density at radius 3 is 2.44 bits per heavy atom. The number of carbonyl (C=O) groups excluding carboxylic acids is 1. The molecule has 1 N–H and O–H groups in total. The molecule has 1 amide bonds. The summed E-state index contributed by atoms with van der Waals surface area (Å²) in [6, 6.07) is 10.0. The van der Waals surface area contributed by atoms with E-state index in [1.54, 1.807) is 31.2 Å². The van der Waals surface area contributed by atoms with Gasteiger partial charge in [-0.1, -0.05) is 11.6 Å². The Morgan fingerprint density at radius 2 is 1.81 bits per heavy atom. The predicted octanol–water partition coefficient (Wildman–Crippen LogP) is 3.40. The first-order valence-electron chi connectivity index (χ1n) is 7.83. The van der Waals surface area contributed by atoms with Crippen molar-refractivity contribution in [3.63, 3.8) is 0 Å². The molecule has 6 nitrogen and oxygen atoms in total. The molecule has 0 aliphatic heterocycles. The maximum absolute atomic E-state index is 13.2. The minimum absolute atomic E-state index is 0.105. The van der Waals surface area contributed by atoms with Crippen LogP contribution in [0.1, 0.15) is 21.6 Å². The predicted molar refractivity (Wildman–Crippen MR) is 99.1 cm³/mol. The van der Waals surface area contributed by atoms with Crippen molar-refractivity contribution in [2.45, 2.75) is 18.7 Å². The zero-order valence-corrected chi connectivity index (χ0v) is 16.0. The average Bonchev–Trinajstić information content (AvgIpc) is 2.96. The summed E-state index contributed by atoms with van der Waals surface area (Å²) in [4.78, 5) is 12.3. The molecule has 0 spiro atoms. The van der Waals surface area contributed by atoms with Gasteiger partial charge in [-0.05, 0) is 61.9 Å². The zero-order valence-electron chi connectivity index (χ0n) is 14.4. The topological polar surface area (TPSA) is 81.1 Å². The SMILES string of the molecule is Cc1cc(F)ccc1S(=O)(=O)NC(=O)c1cnn(-c2ccc(Cl)cc2)c1C. The van der Waals surface area contributed by atoms with Crippen LogP contribution < -0.4 is 4.72 Å². The number of hydrogen-bond donors (Lipinski definition) is 1. The lowest BCUT2D eigenvalue weighted by atomic mass is 10.2. The number of benzene rings is 2. The van der Waals surface area contributed by atoms with E-state index in [1.165, 1.54) is 17.8 Å². The van der Waals surface area contributed by atoms with E-state index in [1.807, 2.05) is 4.72 Å². The smallest absolute Gasteiger partial charge is 0.268 e. The molecule has 27 heavy (non-hydrogen) atoms. The number of carbonyl (C=O) groups is 1. The van der Waals surface area contributed by atoms with Crippen molar-refractivity contribution >= 4 is 27.5 Å². The van der Waals surface area contributed by atoms with Crippen LogP contribution in [0, 0.1) is 19.7 Å². The first kappa shape index (κ1) is 19.1. The summed E-state index contributed by atoms with van der Waals surface area (Å²) in [5, 5.41) is 4.69. The molecule has 2 aromatic carbocycles. The number of halogens is 2. The molecule has 1 aromatic heterocycles. The van der Waals surface area contributed by atoms with Gasteiger partial charge in [-0.15, -0.1) is 0 Å². The van der Waals surface area contributed by atoms with Crippen molar-refractivity contribution in [1.29, 1.82) is 0 Å². The lowest BCUT2D eigenvalue weighted by Gasteiger charge is -2.09. The summed E-state index contributed by atoms with van der Waals surface area (Å²) in [5.41, 5.74) is 1.44. The maximum Gasteiger partial charge on any atom is 0.268 e. The molecule has 0 saturated carbocycles. The number of aryl methyl sites for hydroxylation is 1. The van der Waals surface area contributed by atoms with Crippen LogP contribution >= 0.6 is 11.6 Å². The molecule has 0 aliphatic rings. The lowest BCUT2D eigenvalue weighted by molar-refractivity contribution is 0.0981. The van der Waals surface area contributed by atoms with E-state index in [4.69, 9.17) is 11.6 Å². The molecule has 3 rings (SSSR count). The molecule has 0 radical (unpaired) electrons. The number of nitrogens with one attached hydrogen (secondary N) is 1. The van der Waals surface area contributed by atoms with Crippen LogP contribution in [0.2, 0.25) is 5.02 Å². The number of nitrogens with zero attached hydrogens (tertiary/aromatic N) is 2. The van der Waals surface area contributed by atoms with Crippen LogP contribution in [0.25, 0.3) is 5.69 Å². The Balaban J connectivity index is 1.89. The fraction of sp³-hybridized carbons (Fsp3) is 0.111. The first-order chi connectivity index (χ1) is 12.7. The highest BCUT2D eigenvalue weighted by Gasteiger charge is 2.23. The van der Waals surface area contributed by atoms with E-state index in [0.717, 1.165) is 18.2 Å². The van der Waals surface area contributed by atoms with E-state index in [9.17, 15) is 17.6 Å². The monoisotopic (exact) mass is 407 g/mol. The highest BCUT2D eigenvalue weighted by Crippen LogP contribution is 2.19. The minimum Gasteiger partial charge on any atom is -0.268 e. The molecule has 0 aliphatic carbocycles. The quantitative estimate of drug-likeness (QED) is 0.718. The van der Waals surface area contributed by atoms with Crippen molar-refractivity contribution in [3.8, 4) is 5.69 Å². The number of amides is 1. The van der Waals surface area contributed by atoms with Crippen LogP contribution in [-0.4, -0.2) is 24.1 Å². The standard InChI is InChI=1S/C18H15ClFN3O3S/c1-11-9-14(20)5-8-17(11)27(25,26)22-18(24)16-10-21-23(12(16)2)15-6-3-13(19)4-7-15/h3-10H,1-2H3,(H,22,24). The van der Waals surface area contributed by atoms with E-state index in [2.05, 4.69) is 5.10 Å². The molecular formula is C18H15ClFN3O3S. The zero-order chi connectivity index (χ0) is 19.8. The van der Waals surface area contributed by atoms with Crippen molar-refractivity contribution < 1.29 is 17.6 Å². The summed E-state index contributed by atoms with van der Waals surface area (Å²) in [5.74, 6) is -1.38. The van der Waals surface area contributed by atoms with Crippen LogP contribution in [0.4, 0.5) is 4.39 Å². The molecule has 9 heteroatoms. The van der Waals surface area contributed by atoms with Gasteiger partial charge in [0.05, 0.1) is 28.0 Å². The van der Waals surface area contributed by atoms with Gasteiger partial charge in [-0.2, -0.15) is 5.10 Å². The number of aromatic nitrogens is 2. The van der Waals surface area contributed by atoms with Gasteiger partial charge in [0.2, 0.25) is 0 Å². The van der Waals surface area contributed by atoms with Gasteiger partial charge in [-0.3, -0.25) is 4.79 Å². The Labute approximate surface area is 160 Å².